The number of benzene rings is 1. The Morgan fingerprint density at radius 1 is 1.14 bits per heavy atom. The summed E-state index contributed by atoms with van der Waals surface area (Å²) in [4.78, 5) is 22.0. The third-order valence-corrected chi connectivity index (χ3v) is 5.60. The highest BCUT2D eigenvalue weighted by molar-refractivity contribution is 5.95. The molecule has 28 heavy (non-hydrogen) atoms. The Hall–Kier alpha value is -2.44. The van der Waals surface area contributed by atoms with Gasteiger partial charge in [-0.05, 0) is 43.0 Å². The zero-order valence-electron chi connectivity index (χ0n) is 16.2. The van der Waals surface area contributed by atoms with E-state index in [0.717, 1.165) is 63.6 Å². The molecule has 2 fully saturated rings. The van der Waals surface area contributed by atoms with Crippen LogP contribution in [0.2, 0.25) is 0 Å². The first-order valence-electron chi connectivity index (χ1n) is 10.1. The number of nitrogens with two attached hydrogens (primary N) is 1. The first-order valence-corrected chi connectivity index (χ1v) is 10.1. The number of rotatable bonds is 4. The predicted octanol–water partition coefficient (Wildman–Crippen LogP) is 2.52. The standard InChI is InChI=1S/C22H28N4O2/c23-21-8-2-7-20(24-21)18-5-1-6-19(14-18)22(27)26-9-3-4-17(16-26)15-25-10-12-28-13-11-25/h1-2,5-8,14,17H,3-4,9-13,15-16H2,(H2,23,24)/t17-/m0/s1. The van der Waals surface area contributed by atoms with Crippen molar-refractivity contribution in [2.24, 2.45) is 5.92 Å². The normalized spacial score (nSPS) is 20.9. The molecule has 2 aliphatic heterocycles. The van der Waals surface area contributed by atoms with Gasteiger partial charge in [0.15, 0.2) is 0 Å². The van der Waals surface area contributed by atoms with Crippen LogP contribution in [0.4, 0.5) is 5.82 Å². The average molecular weight is 380 g/mol. The summed E-state index contributed by atoms with van der Waals surface area (Å²) in [6, 6.07) is 13.3. The lowest BCUT2D eigenvalue weighted by Crippen LogP contribution is -2.46. The molecule has 1 amide bonds. The number of hydrogen-bond donors (Lipinski definition) is 1. The molecule has 6 heteroatoms. The van der Waals surface area contributed by atoms with Crippen LogP contribution in [0.25, 0.3) is 11.3 Å². The van der Waals surface area contributed by atoms with Crippen molar-refractivity contribution in [2.75, 3.05) is 51.7 Å². The minimum atomic E-state index is 0.109. The Morgan fingerprint density at radius 2 is 1.96 bits per heavy atom. The molecule has 0 spiro atoms. The maximum Gasteiger partial charge on any atom is 0.253 e. The summed E-state index contributed by atoms with van der Waals surface area (Å²) in [6.07, 6.45) is 2.26. The van der Waals surface area contributed by atoms with Gasteiger partial charge in [-0.1, -0.05) is 18.2 Å². The Bertz CT molecular complexity index is 820. The van der Waals surface area contributed by atoms with Gasteiger partial charge in [0.25, 0.3) is 5.91 Å². The fourth-order valence-corrected chi connectivity index (χ4v) is 4.15. The maximum atomic E-state index is 13.1. The maximum absolute atomic E-state index is 13.1. The van der Waals surface area contributed by atoms with Crippen molar-refractivity contribution >= 4 is 11.7 Å². The van der Waals surface area contributed by atoms with E-state index >= 15 is 0 Å². The molecule has 6 nitrogen and oxygen atoms in total. The molecule has 2 aliphatic rings. The van der Waals surface area contributed by atoms with E-state index in [9.17, 15) is 4.79 Å². The number of carbonyl (C=O) groups excluding carboxylic acids is 1. The molecule has 2 aromatic rings. The second kappa shape index (κ2) is 8.71. The largest absolute Gasteiger partial charge is 0.384 e. The number of likely N-dealkylation sites (tertiary alicyclic amines) is 1. The molecule has 0 aliphatic carbocycles. The Morgan fingerprint density at radius 3 is 2.79 bits per heavy atom. The van der Waals surface area contributed by atoms with Crippen molar-refractivity contribution < 1.29 is 9.53 Å². The second-order valence-corrected chi connectivity index (χ2v) is 7.70. The molecule has 1 aromatic carbocycles. The van der Waals surface area contributed by atoms with E-state index < -0.39 is 0 Å². The number of piperidine rings is 1. The van der Waals surface area contributed by atoms with Crippen LogP contribution in [0.1, 0.15) is 23.2 Å². The van der Waals surface area contributed by atoms with E-state index in [1.807, 2.05) is 41.3 Å². The van der Waals surface area contributed by atoms with E-state index in [4.69, 9.17) is 10.5 Å². The SMILES string of the molecule is Nc1cccc(-c2cccc(C(=O)N3CCC[C@@H](CN4CCOCC4)C3)c2)n1. The molecule has 1 atom stereocenters. The van der Waals surface area contributed by atoms with Crippen molar-refractivity contribution in [3.05, 3.63) is 48.0 Å². The smallest absolute Gasteiger partial charge is 0.253 e. The van der Waals surface area contributed by atoms with Gasteiger partial charge in [0, 0.05) is 43.9 Å². The molecular formula is C22H28N4O2. The van der Waals surface area contributed by atoms with E-state index in [1.54, 1.807) is 6.07 Å². The predicted molar refractivity (Wildman–Crippen MR) is 110 cm³/mol. The van der Waals surface area contributed by atoms with Crippen molar-refractivity contribution in [3.8, 4) is 11.3 Å². The molecule has 0 saturated carbocycles. The van der Waals surface area contributed by atoms with Crippen LogP contribution in [0.5, 0.6) is 0 Å². The van der Waals surface area contributed by atoms with Crippen LogP contribution in [-0.2, 0) is 4.74 Å². The summed E-state index contributed by atoms with van der Waals surface area (Å²) in [5.74, 6) is 1.13. The highest BCUT2D eigenvalue weighted by Crippen LogP contribution is 2.23. The second-order valence-electron chi connectivity index (χ2n) is 7.70. The molecular weight excluding hydrogens is 352 g/mol. The number of amides is 1. The zero-order chi connectivity index (χ0) is 19.3. The zero-order valence-corrected chi connectivity index (χ0v) is 16.2. The third kappa shape index (κ3) is 4.51. The van der Waals surface area contributed by atoms with E-state index in [1.165, 1.54) is 6.42 Å². The first-order chi connectivity index (χ1) is 13.7. The molecule has 3 heterocycles. The topological polar surface area (TPSA) is 71.7 Å². The van der Waals surface area contributed by atoms with Gasteiger partial charge >= 0.3 is 0 Å². The number of nitrogens with zero attached hydrogens (tertiary/aromatic N) is 3. The Labute approximate surface area is 166 Å². The number of aromatic nitrogens is 1. The molecule has 2 N–H and O–H groups in total. The number of nitrogen functional groups attached to an aromatic ring is 1. The van der Waals surface area contributed by atoms with Gasteiger partial charge in [-0.25, -0.2) is 4.98 Å². The molecule has 4 rings (SSSR count). The molecule has 1 aromatic heterocycles. The lowest BCUT2D eigenvalue weighted by Gasteiger charge is -2.36. The molecule has 0 unspecified atom stereocenters. The van der Waals surface area contributed by atoms with Crippen molar-refractivity contribution in [1.29, 1.82) is 0 Å². The molecule has 148 valence electrons. The number of anilines is 1. The number of ether oxygens (including phenoxy) is 1. The van der Waals surface area contributed by atoms with Crippen molar-refractivity contribution in [1.82, 2.24) is 14.8 Å². The van der Waals surface area contributed by atoms with Crippen LogP contribution in [0.15, 0.2) is 42.5 Å². The van der Waals surface area contributed by atoms with Crippen LogP contribution < -0.4 is 5.73 Å². The number of morpholine rings is 1. The molecule has 0 bridgehead atoms. The number of pyridine rings is 1. The summed E-state index contributed by atoms with van der Waals surface area (Å²) in [5.41, 5.74) is 8.23. The summed E-state index contributed by atoms with van der Waals surface area (Å²) >= 11 is 0. The average Bonchev–Trinajstić information content (AvgIpc) is 2.74. The Kier molecular flexibility index (Phi) is 5.88. The number of hydrogen-bond acceptors (Lipinski definition) is 5. The Balaban J connectivity index is 1.44. The van der Waals surface area contributed by atoms with E-state index in [2.05, 4.69) is 9.88 Å². The van der Waals surface area contributed by atoms with Gasteiger partial charge in [0.2, 0.25) is 0 Å². The van der Waals surface area contributed by atoms with E-state index in [-0.39, 0.29) is 5.91 Å². The van der Waals surface area contributed by atoms with Gasteiger partial charge in [-0.2, -0.15) is 0 Å². The number of carbonyl (C=O) groups is 1. The molecule has 0 radical (unpaired) electrons. The summed E-state index contributed by atoms with van der Waals surface area (Å²) in [5, 5.41) is 0. The fraction of sp³-hybridized carbons (Fsp3) is 0.455. The van der Waals surface area contributed by atoms with Crippen LogP contribution in [0, 0.1) is 5.92 Å². The van der Waals surface area contributed by atoms with Crippen LogP contribution in [-0.4, -0.2) is 66.6 Å². The quantitative estimate of drug-likeness (QED) is 0.882. The monoisotopic (exact) mass is 380 g/mol. The van der Waals surface area contributed by atoms with E-state index in [0.29, 0.717) is 17.3 Å². The minimum Gasteiger partial charge on any atom is -0.384 e. The lowest BCUT2D eigenvalue weighted by molar-refractivity contribution is 0.0224. The first kappa shape index (κ1) is 18.9. The van der Waals surface area contributed by atoms with Gasteiger partial charge in [0.1, 0.15) is 5.82 Å². The van der Waals surface area contributed by atoms with Gasteiger partial charge in [-0.15, -0.1) is 0 Å². The third-order valence-electron chi connectivity index (χ3n) is 5.60. The highest BCUT2D eigenvalue weighted by Gasteiger charge is 2.26. The molecule has 2 saturated heterocycles. The summed E-state index contributed by atoms with van der Waals surface area (Å²) in [7, 11) is 0. The van der Waals surface area contributed by atoms with Gasteiger partial charge < -0.3 is 15.4 Å². The van der Waals surface area contributed by atoms with Crippen LogP contribution in [0.3, 0.4) is 0 Å². The minimum absolute atomic E-state index is 0.109. The van der Waals surface area contributed by atoms with Crippen LogP contribution >= 0.6 is 0 Å². The lowest BCUT2D eigenvalue weighted by atomic mass is 9.96. The fourth-order valence-electron chi connectivity index (χ4n) is 4.15. The van der Waals surface area contributed by atoms with Crippen molar-refractivity contribution in [3.63, 3.8) is 0 Å². The van der Waals surface area contributed by atoms with Crippen molar-refractivity contribution in [2.45, 2.75) is 12.8 Å². The van der Waals surface area contributed by atoms with Gasteiger partial charge in [-0.3, -0.25) is 9.69 Å². The highest BCUT2D eigenvalue weighted by atomic mass is 16.5. The van der Waals surface area contributed by atoms with Gasteiger partial charge in [0.05, 0.1) is 18.9 Å². The summed E-state index contributed by atoms with van der Waals surface area (Å²) < 4.78 is 5.44. The summed E-state index contributed by atoms with van der Waals surface area (Å²) in [6.45, 7) is 6.36.